The molecule has 25 heavy (non-hydrogen) atoms. The second kappa shape index (κ2) is 6.37. The summed E-state index contributed by atoms with van der Waals surface area (Å²) in [4.78, 5) is 13.9. The second-order valence-corrected chi connectivity index (χ2v) is 6.97. The molecule has 0 saturated heterocycles. The number of ether oxygens (including phenoxy) is 1. The molecule has 1 N–H and O–H groups in total. The molecule has 2 heterocycles. The number of thiophene rings is 1. The number of anilines is 1. The van der Waals surface area contributed by atoms with Gasteiger partial charge in [-0.2, -0.15) is 0 Å². The standard InChI is InChI=1S/C19H18N2O3S/c1-2-23-14-7-4-3-6-13(14)20-18(22)19(9-10-19)17-12-15(24-21-17)16-8-5-11-25-16/h3-8,11-12H,2,9-10H2,1H3,(H,20,22). The van der Waals surface area contributed by atoms with Crippen molar-refractivity contribution in [2.24, 2.45) is 0 Å². The summed E-state index contributed by atoms with van der Waals surface area (Å²) in [6.07, 6.45) is 1.54. The first kappa shape index (κ1) is 15.9. The van der Waals surface area contributed by atoms with Gasteiger partial charge in [0.15, 0.2) is 5.76 Å². The van der Waals surface area contributed by atoms with E-state index in [-0.39, 0.29) is 5.91 Å². The summed E-state index contributed by atoms with van der Waals surface area (Å²) in [5, 5.41) is 9.15. The number of hydrogen-bond acceptors (Lipinski definition) is 5. The van der Waals surface area contributed by atoms with Crippen LogP contribution in [0.1, 0.15) is 25.5 Å². The second-order valence-electron chi connectivity index (χ2n) is 6.02. The highest BCUT2D eigenvalue weighted by atomic mass is 32.1. The Bertz CT molecular complexity index is 882. The van der Waals surface area contributed by atoms with Crippen molar-refractivity contribution >= 4 is 22.9 Å². The number of rotatable bonds is 6. The third-order valence-electron chi connectivity index (χ3n) is 4.38. The van der Waals surface area contributed by atoms with Crippen LogP contribution in [-0.4, -0.2) is 17.7 Å². The van der Waals surface area contributed by atoms with Crippen LogP contribution in [0.2, 0.25) is 0 Å². The van der Waals surface area contributed by atoms with E-state index in [0.29, 0.717) is 29.5 Å². The lowest BCUT2D eigenvalue weighted by Crippen LogP contribution is -2.28. The molecule has 0 unspecified atom stereocenters. The zero-order valence-electron chi connectivity index (χ0n) is 13.8. The van der Waals surface area contributed by atoms with Crippen LogP contribution < -0.4 is 10.1 Å². The predicted octanol–water partition coefficient (Wildman–Crippen LogP) is 4.47. The molecule has 6 heteroatoms. The maximum atomic E-state index is 12.9. The number of benzene rings is 1. The minimum absolute atomic E-state index is 0.0642. The lowest BCUT2D eigenvalue weighted by molar-refractivity contribution is -0.118. The molecule has 1 saturated carbocycles. The lowest BCUT2D eigenvalue weighted by Gasteiger charge is -2.15. The average Bonchev–Trinajstić information content (AvgIpc) is 3.04. The van der Waals surface area contributed by atoms with E-state index in [1.165, 1.54) is 0 Å². The number of nitrogens with one attached hydrogen (secondary N) is 1. The van der Waals surface area contributed by atoms with Crippen molar-refractivity contribution in [3.05, 3.63) is 53.5 Å². The van der Waals surface area contributed by atoms with Gasteiger partial charge >= 0.3 is 0 Å². The molecule has 4 rings (SSSR count). The van der Waals surface area contributed by atoms with E-state index in [1.807, 2.05) is 54.8 Å². The molecule has 3 aromatic rings. The zero-order valence-corrected chi connectivity index (χ0v) is 14.6. The largest absolute Gasteiger partial charge is 0.492 e. The number of amides is 1. The molecule has 0 aliphatic heterocycles. The van der Waals surface area contributed by atoms with Crippen molar-refractivity contribution in [2.45, 2.75) is 25.2 Å². The number of nitrogens with zero attached hydrogens (tertiary/aromatic N) is 1. The highest BCUT2D eigenvalue weighted by Gasteiger charge is 2.54. The monoisotopic (exact) mass is 354 g/mol. The molecular formula is C19H18N2O3S. The van der Waals surface area contributed by atoms with Gasteiger partial charge in [0, 0.05) is 6.07 Å². The molecule has 128 valence electrons. The Morgan fingerprint density at radius 3 is 2.88 bits per heavy atom. The molecule has 1 amide bonds. The molecule has 1 fully saturated rings. The van der Waals surface area contributed by atoms with Gasteiger partial charge < -0.3 is 14.6 Å². The van der Waals surface area contributed by atoms with Crippen LogP contribution >= 0.6 is 11.3 Å². The van der Waals surface area contributed by atoms with Gasteiger partial charge in [-0.1, -0.05) is 23.4 Å². The molecule has 1 aliphatic rings. The number of carbonyl (C=O) groups excluding carboxylic acids is 1. The first-order chi connectivity index (χ1) is 12.2. The first-order valence-electron chi connectivity index (χ1n) is 8.27. The van der Waals surface area contributed by atoms with Crippen LogP contribution in [-0.2, 0) is 10.2 Å². The number of aromatic nitrogens is 1. The third kappa shape index (κ3) is 2.93. The number of carbonyl (C=O) groups is 1. The van der Waals surface area contributed by atoms with Crippen LogP contribution in [0.25, 0.3) is 10.6 Å². The molecule has 0 radical (unpaired) electrons. The fraction of sp³-hybridized carbons (Fsp3) is 0.263. The van der Waals surface area contributed by atoms with Crippen molar-refractivity contribution < 1.29 is 14.1 Å². The summed E-state index contributed by atoms with van der Waals surface area (Å²) in [7, 11) is 0. The van der Waals surface area contributed by atoms with Gasteiger partial charge in [0.1, 0.15) is 5.75 Å². The van der Waals surface area contributed by atoms with E-state index in [2.05, 4.69) is 10.5 Å². The Morgan fingerprint density at radius 1 is 1.32 bits per heavy atom. The number of para-hydroxylation sites is 2. The Hall–Kier alpha value is -2.60. The highest BCUT2D eigenvalue weighted by Crippen LogP contribution is 2.49. The van der Waals surface area contributed by atoms with Crippen molar-refractivity contribution in [1.82, 2.24) is 5.16 Å². The van der Waals surface area contributed by atoms with E-state index in [4.69, 9.17) is 9.26 Å². The van der Waals surface area contributed by atoms with Gasteiger partial charge in [0.25, 0.3) is 0 Å². The Balaban J connectivity index is 1.56. The fourth-order valence-electron chi connectivity index (χ4n) is 2.85. The first-order valence-corrected chi connectivity index (χ1v) is 9.15. The third-order valence-corrected chi connectivity index (χ3v) is 5.27. The highest BCUT2D eigenvalue weighted by molar-refractivity contribution is 7.13. The SMILES string of the molecule is CCOc1ccccc1NC(=O)C1(c2cc(-c3cccs3)on2)CC1. The van der Waals surface area contributed by atoms with Crippen LogP contribution in [0.5, 0.6) is 5.75 Å². The fourth-order valence-corrected chi connectivity index (χ4v) is 3.53. The van der Waals surface area contributed by atoms with E-state index >= 15 is 0 Å². The van der Waals surface area contributed by atoms with Crippen LogP contribution in [0.3, 0.4) is 0 Å². The maximum absolute atomic E-state index is 12.9. The average molecular weight is 354 g/mol. The van der Waals surface area contributed by atoms with Crippen LogP contribution in [0.15, 0.2) is 52.4 Å². The quantitative estimate of drug-likeness (QED) is 0.709. The molecular weight excluding hydrogens is 336 g/mol. The van der Waals surface area contributed by atoms with Crippen molar-refractivity contribution in [1.29, 1.82) is 0 Å². The van der Waals surface area contributed by atoms with Gasteiger partial charge in [-0.15, -0.1) is 11.3 Å². The van der Waals surface area contributed by atoms with Crippen LogP contribution in [0.4, 0.5) is 5.69 Å². The summed E-state index contributed by atoms with van der Waals surface area (Å²) in [5.74, 6) is 1.32. The normalized spacial score (nSPS) is 14.9. The molecule has 5 nitrogen and oxygen atoms in total. The van der Waals surface area contributed by atoms with Gasteiger partial charge in [-0.05, 0) is 43.3 Å². The predicted molar refractivity (Wildman–Crippen MR) is 97.0 cm³/mol. The van der Waals surface area contributed by atoms with E-state index < -0.39 is 5.41 Å². The van der Waals surface area contributed by atoms with Crippen molar-refractivity contribution in [3.63, 3.8) is 0 Å². The van der Waals surface area contributed by atoms with Crippen molar-refractivity contribution in [3.8, 4) is 16.4 Å². The summed E-state index contributed by atoms with van der Waals surface area (Å²) in [5.41, 5.74) is 0.781. The van der Waals surface area contributed by atoms with Crippen LogP contribution in [0, 0.1) is 0 Å². The summed E-state index contributed by atoms with van der Waals surface area (Å²) < 4.78 is 11.0. The molecule has 0 atom stereocenters. The van der Waals surface area contributed by atoms with Gasteiger partial charge in [0.2, 0.25) is 5.91 Å². The molecule has 1 aromatic carbocycles. The Kier molecular flexibility index (Phi) is 4.05. The molecule has 1 aliphatic carbocycles. The van der Waals surface area contributed by atoms with Gasteiger partial charge in [-0.3, -0.25) is 4.79 Å². The minimum Gasteiger partial charge on any atom is -0.492 e. The van der Waals surface area contributed by atoms with Crippen molar-refractivity contribution in [2.75, 3.05) is 11.9 Å². The maximum Gasteiger partial charge on any atom is 0.236 e. The Labute approximate surface area is 149 Å². The van der Waals surface area contributed by atoms with E-state index in [0.717, 1.165) is 17.7 Å². The summed E-state index contributed by atoms with van der Waals surface area (Å²) in [6.45, 7) is 2.47. The van der Waals surface area contributed by atoms with Gasteiger partial charge in [-0.25, -0.2) is 0 Å². The topological polar surface area (TPSA) is 64.4 Å². The summed E-state index contributed by atoms with van der Waals surface area (Å²) in [6, 6.07) is 13.3. The molecule has 0 bridgehead atoms. The Morgan fingerprint density at radius 2 is 2.16 bits per heavy atom. The van der Waals surface area contributed by atoms with E-state index in [9.17, 15) is 4.79 Å². The molecule has 2 aromatic heterocycles. The zero-order chi connectivity index (χ0) is 17.3. The van der Waals surface area contributed by atoms with Gasteiger partial charge in [0.05, 0.1) is 28.3 Å². The lowest BCUT2D eigenvalue weighted by atomic mass is 10.0. The number of hydrogen-bond donors (Lipinski definition) is 1. The summed E-state index contributed by atoms with van der Waals surface area (Å²) >= 11 is 1.59. The minimum atomic E-state index is -0.599. The van der Waals surface area contributed by atoms with E-state index in [1.54, 1.807) is 11.3 Å². The smallest absolute Gasteiger partial charge is 0.236 e. The molecule has 0 spiro atoms.